The lowest BCUT2D eigenvalue weighted by molar-refractivity contribution is -0.161. The first-order valence-corrected chi connectivity index (χ1v) is 42.2. The van der Waals surface area contributed by atoms with E-state index in [0.717, 1.165) is 102 Å². The molecule has 94 heavy (non-hydrogen) atoms. The Hall–Kier alpha value is -1.94. The predicted octanol–water partition coefficient (Wildman–Crippen LogP) is 22.1. The summed E-state index contributed by atoms with van der Waals surface area (Å²) >= 11 is 0. The van der Waals surface area contributed by atoms with Crippen molar-refractivity contribution in [3.05, 3.63) is 0 Å². The molecule has 0 fully saturated rings. The molecule has 0 bridgehead atoms. The number of phosphoric acid groups is 2. The summed E-state index contributed by atoms with van der Waals surface area (Å²) in [6.45, 7) is 7.29. The van der Waals surface area contributed by atoms with Crippen LogP contribution in [-0.4, -0.2) is 96.7 Å². The maximum absolute atomic E-state index is 13.1. The summed E-state index contributed by atoms with van der Waals surface area (Å²) in [5, 5.41) is 10.6. The highest BCUT2D eigenvalue weighted by Crippen LogP contribution is 2.45. The first-order chi connectivity index (χ1) is 45.6. The van der Waals surface area contributed by atoms with Gasteiger partial charge in [0.2, 0.25) is 0 Å². The molecule has 0 aliphatic heterocycles. The van der Waals surface area contributed by atoms with Crippen molar-refractivity contribution >= 4 is 39.5 Å². The first kappa shape index (κ1) is 92.1. The Morgan fingerprint density at radius 2 is 0.511 bits per heavy atom. The normalized spacial score (nSPS) is 14.3. The molecular weight excluding hydrogens is 1230 g/mol. The minimum atomic E-state index is -4.96. The molecule has 0 aliphatic carbocycles. The Bertz CT molecular complexity index is 1810. The van der Waals surface area contributed by atoms with Crippen molar-refractivity contribution in [2.75, 3.05) is 39.6 Å². The summed E-state index contributed by atoms with van der Waals surface area (Å²) in [5.41, 5.74) is 0. The molecule has 0 aliphatic rings. The number of aliphatic hydroxyl groups excluding tert-OH is 1. The standard InChI is InChI=1S/C75H146O17P2/c1-6-10-13-16-19-22-23-24-25-26-27-28-29-34-37-41-46-51-56-61-75(80)92-71(65-86-73(78)59-54-49-44-40-36-33-31-30-32-35-39-42-47-52-57-68(5)9-4)67-90-94(83,84)88-63-69(76)62-87-93(81,82)89-66-70(64-85-72(77)58-53-48-43-21-18-15-12-8-3)91-74(79)60-55-50-45-38-20-17-14-11-7-2/h68-71,76H,6-67H2,1-5H3,(H,81,82)(H,83,84)/t68?,69-,70+,71+/m0/s1. The number of carbonyl (C=O) groups is 4. The van der Waals surface area contributed by atoms with E-state index in [1.165, 1.54) is 212 Å². The van der Waals surface area contributed by atoms with Crippen molar-refractivity contribution in [2.24, 2.45) is 5.92 Å². The average Bonchev–Trinajstić information content (AvgIpc) is 2.63. The third-order valence-corrected chi connectivity index (χ3v) is 19.8. The van der Waals surface area contributed by atoms with Crippen molar-refractivity contribution < 1.29 is 80.2 Å². The van der Waals surface area contributed by atoms with E-state index in [1.807, 2.05) is 0 Å². The molecule has 0 radical (unpaired) electrons. The second-order valence-corrected chi connectivity index (χ2v) is 30.2. The molecule has 0 spiro atoms. The third-order valence-electron chi connectivity index (χ3n) is 17.9. The largest absolute Gasteiger partial charge is 0.472 e. The monoisotopic (exact) mass is 1380 g/mol. The lowest BCUT2D eigenvalue weighted by atomic mass is 9.99. The van der Waals surface area contributed by atoms with Gasteiger partial charge < -0.3 is 33.8 Å². The fraction of sp³-hybridized carbons (Fsp3) is 0.947. The van der Waals surface area contributed by atoms with Crippen LogP contribution >= 0.6 is 15.6 Å². The molecular formula is C75H146O17P2. The van der Waals surface area contributed by atoms with Gasteiger partial charge in [0, 0.05) is 25.7 Å². The topological polar surface area (TPSA) is 237 Å². The van der Waals surface area contributed by atoms with Crippen LogP contribution in [0.4, 0.5) is 0 Å². The fourth-order valence-electron chi connectivity index (χ4n) is 11.5. The second-order valence-electron chi connectivity index (χ2n) is 27.3. The molecule has 3 N–H and O–H groups in total. The molecule has 19 heteroatoms. The molecule has 3 unspecified atom stereocenters. The van der Waals surface area contributed by atoms with Crippen molar-refractivity contribution in [3.8, 4) is 0 Å². The van der Waals surface area contributed by atoms with Gasteiger partial charge in [-0.15, -0.1) is 0 Å². The number of rotatable bonds is 75. The van der Waals surface area contributed by atoms with Gasteiger partial charge in [0.15, 0.2) is 12.2 Å². The molecule has 0 heterocycles. The van der Waals surface area contributed by atoms with Gasteiger partial charge in [0.05, 0.1) is 26.4 Å². The Kier molecular flexibility index (Phi) is 66.8. The molecule has 0 saturated carbocycles. The number of esters is 4. The zero-order valence-corrected chi connectivity index (χ0v) is 62.9. The summed E-state index contributed by atoms with van der Waals surface area (Å²) in [6.07, 6.45) is 57.0. The molecule has 0 amide bonds. The highest BCUT2D eigenvalue weighted by molar-refractivity contribution is 7.47. The van der Waals surface area contributed by atoms with E-state index in [0.29, 0.717) is 25.7 Å². The summed E-state index contributed by atoms with van der Waals surface area (Å²) in [6, 6.07) is 0. The second kappa shape index (κ2) is 68.2. The third kappa shape index (κ3) is 67.3. The lowest BCUT2D eigenvalue weighted by Crippen LogP contribution is -2.30. The Morgan fingerprint density at radius 1 is 0.298 bits per heavy atom. The number of aliphatic hydroxyl groups is 1. The Balaban J connectivity index is 5.17. The van der Waals surface area contributed by atoms with Crippen LogP contribution in [0.15, 0.2) is 0 Å². The van der Waals surface area contributed by atoms with E-state index in [4.69, 9.17) is 37.0 Å². The van der Waals surface area contributed by atoms with E-state index in [1.54, 1.807) is 0 Å². The molecule has 558 valence electrons. The van der Waals surface area contributed by atoms with Crippen molar-refractivity contribution in [1.82, 2.24) is 0 Å². The molecule has 0 saturated heterocycles. The van der Waals surface area contributed by atoms with Crippen LogP contribution in [0, 0.1) is 5.92 Å². The van der Waals surface area contributed by atoms with Gasteiger partial charge in [-0.25, -0.2) is 9.13 Å². The minimum Gasteiger partial charge on any atom is -0.462 e. The number of carbonyl (C=O) groups excluding carboxylic acids is 4. The quantitative estimate of drug-likeness (QED) is 0.0222. The minimum absolute atomic E-state index is 0.106. The summed E-state index contributed by atoms with van der Waals surface area (Å²) in [4.78, 5) is 72.6. The van der Waals surface area contributed by atoms with Crippen LogP contribution < -0.4 is 0 Å². The van der Waals surface area contributed by atoms with Crippen molar-refractivity contribution in [3.63, 3.8) is 0 Å². The molecule has 0 aromatic heterocycles. The van der Waals surface area contributed by atoms with Gasteiger partial charge >= 0.3 is 39.5 Å². The maximum Gasteiger partial charge on any atom is 0.472 e. The van der Waals surface area contributed by atoms with Gasteiger partial charge in [0.25, 0.3) is 0 Å². The highest BCUT2D eigenvalue weighted by atomic mass is 31.2. The maximum atomic E-state index is 13.1. The van der Waals surface area contributed by atoms with Gasteiger partial charge in [-0.1, -0.05) is 343 Å². The van der Waals surface area contributed by atoms with Crippen molar-refractivity contribution in [1.29, 1.82) is 0 Å². The number of hydrogen-bond donors (Lipinski definition) is 3. The van der Waals surface area contributed by atoms with Crippen LogP contribution in [0.25, 0.3) is 0 Å². The molecule has 6 atom stereocenters. The molecule has 0 aromatic rings. The zero-order valence-electron chi connectivity index (χ0n) is 61.1. The Morgan fingerprint density at radius 3 is 0.755 bits per heavy atom. The van der Waals surface area contributed by atoms with Crippen LogP contribution in [0.2, 0.25) is 0 Å². The highest BCUT2D eigenvalue weighted by Gasteiger charge is 2.30. The first-order valence-electron chi connectivity index (χ1n) is 39.2. The van der Waals surface area contributed by atoms with Crippen molar-refractivity contribution in [2.45, 2.75) is 412 Å². The van der Waals surface area contributed by atoms with Crippen LogP contribution in [-0.2, 0) is 65.4 Å². The molecule has 0 rings (SSSR count). The number of phosphoric ester groups is 2. The summed E-state index contributed by atoms with van der Waals surface area (Å²) < 4.78 is 68.3. The summed E-state index contributed by atoms with van der Waals surface area (Å²) in [7, 11) is -9.90. The summed E-state index contributed by atoms with van der Waals surface area (Å²) in [5.74, 6) is -1.27. The van der Waals surface area contributed by atoms with E-state index in [-0.39, 0.29) is 25.7 Å². The van der Waals surface area contributed by atoms with E-state index >= 15 is 0 Å². The molecule has 0 aromatic carbocycles. The fourth-order valence-corrected chi connectivity index (χ4v) is 13.1. The van der Waals surface area contributed by atoms with Gasteiger partial charge in [-0.2, -0.15) is 0 Å². The van der Waals surface area contributed by atoms with Gasteiger partial charge in [-0.3, -0.25) is 37.3 Å². The van der Waals surface area contributed by atoms with Crippen LogP contribution in [0.5, 0.6) is 0 Å². The van der Waals surface area contributed by atoms with E-state index in [2.05, 4.69) is 34.6 Å². The smallest absolute Gasteiger partial charge is 0.462 e. The average molecular weight is 1380 g/mol. The van der Waals surface area contributed by atoms with E-state index < -0.39 is 97.5 Å². The number of unbranched alkanes of at least 4 members (excludes halogenated alkanes) is 46. The SMILES string of the molecule is CCCCCCCCCCCCCCCCCCCCCC(=O)O[C@H](COC(=O)CCCCCCCCCCCCCCCCC(C)CC)COP(=O)(O)OC[C@@H](O)COP(=O)(O)OC[C@@H](COC(=O)CCCCCCCCCC)OC(=O)CCCCCCCCCCC. The zero-order chi connectivity index (χ0) is 69.1. The van der Waals surface area contributed by atoms with E-state index in [9.17, 15) is 43.2 Å². The van der Waals surface area contributed by atoms with Gasteiger partial charge in [0.1, 0.15) is 19.3 Å². The van der Waals surface area contributed by atoms with Crippen LogP contribution in [0.3, 0.4) is 0 Å². The number of hydrogen-bond acceptors (Lipinski definition) is 15. The van der Waals surface area contributed by atoms with Gasteiger partial charge in [-0.05, 0) is 31.6 Å². The predicted molar refractivity (Wildman–Crippen MR) is 382 cm³/mol. The number of ether oxygens (including phenoxy) is 4. The molecule has 17 nitrogen and oxygen atoms in total. The lowest BCUT2D eigenvalue weighted by Gasteiger charge is -2.21. The Labute approximate surface area is 575 Å². The van der Waals surface area contributed by atoms with Crippen LogP contribution in [0.1, 0.15) is 394 Å².